The predicted molar refractivity (Wildman–Crippen MR) is 106 cm³/mol. The summed E-state index contributed by atoms with van der Waals surface area (Å²) in [7, 11) is 0. The highest BCUT2D eigenvalue weighted by atomic mass is 16.5. The predicted octanol–water partition coefficient (Wildman–Crippen LogP) is 3.00. The molecule has 3 aromatic rings. The maximum Gasteiger partial charge on any atom is 0.253 e. The van der Waals surface area contributed by atoms with Gasteiger partial charge in [-0.1, -0.05) is 18.2 Å². The summed E-state index contributed by atoms with van der Waals surface area (Å²) in [5.41, 5.74) is 2.41. The van der Waals surface area contributed by atoms with E-state index >= 15 is 0 Å². The number of furan rings is 1. The van der Waals surface area contributed by atoms with E-state index in [1.807, 2.05) is 53.6 Å². The van der Waals surface area contributed by atoms with Crippen molar-refractivity contribution in [1.29, 1.82) is 0 Å². The molecule has 2 aliphatic rings. The van der Waals surface area contributed by atoms with Gasteiger partial charge in [-0.2, -0.15) is 0 Å². The van der Waals surface area contributed by atoms with Gasteiger partial charge in [0.05, 0.1) is 37.1 Å². The number of hydrogen-bond donors (Lipinski definition) is 1. The van der Waals surface area contributed by atoms with Crippen LogP contribution in [0.3, 0.4) is 0 Å². The highest BCUT2D eigenvalue weighted by Crippen LogP contribution is 2.39. The quantitative estimate of drug-likeness (QED) is 0.738. The number of nitrogens with zero attached hydrogens (tertiary/aromatic N) is 3. The Morgan fingerprint density at radius 1 is 1.21 bits per heavy atom. The van der Waals surface area contributed by atoms with E-state index in [2.05, 4.69) is 10.3 Å². The summed E-state index contributed by atoms with van der Waals surface area (Å²) in [6.45, 7) is 2.88. The van der Waals surface area contributed by atoms with Crippen molar-refractivity contribution in [2.24, 2.45) is 0 Å². The van der Waals surface area contributed by atoms with Crippen molar-refractivity contribution in [3.63, 3.8) is 0 Å². The first-order valence-electron chi connectivity index (χ1n) is 9.78. The van der Waals surface area contributed by atoms with Gasteiger partial charge in [0.2, 0.25) is 5.95 Å². The van der Waals surface area contributed by atoms with Crippen molar-refractivity contribution in [2.75, 3.05) is 25.0 Å². The molecule has 29 heavy (non-hydrogen) atoms. The SMILES string of the molecule is O=C(c1ccccc1)N1CC[C@]2(COCc3cnc(NCc4ccco4)nc32)C1. The zero-order valence-electron chi connectivity index (χ0n) is 16.0. The second kappa shape index (κ2) is 7.33. The fraction of sp³-hybridized carbons (Fsp3) is 0.318. The number of anilines is 1. The largest absolute Gasteiger partial charge is 0.467 e. The first kappa shape index (κ1) is 17.9. The fourth-order valence-corrected chi connectivity index (χ4v) is 4.18. The fourth-order valence-electron chi connectivity index (χ4n) is 4.18. The van der Waals surface area contributed by atoms with E-state index in [-0.39, 0.29) is 11.3 Å². The normalized spacial score (nSPS) is 20.6. The topological polar surface area (TPSA) is 80.5 Å². The smallest absolute Gasteiger partial charge is 0.253 e. The lowest BCUT2D eigenvalue weighted by Gasteiger charge is -2.34. The molecule has 148 valence electrons. The van der Waals surface area contributed by atoms with Gasteiger partial charge in [-0.25, -0.2) is 9.97 Å². The van der Waals surface area contributed by atoms with Crippen LogP contribution in [0.25, 0.3) is 0 Å². The number of aromatic nitrogens is 2. The minimum Gasteiger partial charge on any atom is -0.467 e. The van der Waals surface area contributed by atoms with Gasteiger partial charge in [0.1, 0.15) is 5.76 Å². The molecule has 1 aromatic carbocycles. The molecular weight excluding hydrogens is 368 g/mol. The standard InChI is InChI=1S/C22H22N4O3/c27-20(16-5-2-1-3-6-16)26-9-8-22(14-26)15-28-13-17-11-23-21(25-19(17)22)24-12-18-7-4-10-29-18/h1-7,10-11H,8-9,12-15H2,(H,23,24,25)/t22-/m1/s1. The summed E-state index contributed by atoms with van der Waals surface area (Å²) in [6.07, 6.45) is 4.30. The van der Waals surface area contributed by atoms with Crippen molar-refractivity contribution in [1.82, 2.24) is 14.9 Å². The lowest BCUT2D eigenvalue weighted by Crippen LogP contribution is -2.41. The van der Waals surface area contributed by atoms with Crippen molar-refractivity contribution in [3.8, 4) is 0 Å². The average Bonchev–Trinajstić information content (AvgIpc) is 3.44. The van der Waals surface area contributed by atoms with E-state index in [0.717, 1.165) is 23.4 Å². The molecule has 5 rings (SSSR count). The molecule has 0 bridgehead atoms. The molecule has 1 N–H and O–H groups in total. The number of fused-ring (bicyclic) bond motifs is 2. The molecule has 0 aliphatic carbocycles. The van der Waals surface area contributed by atoms with Crippen LogP contribution < -0.4 is 5.32 Å². The molecule has 7 heteroatoms. The maximum absolute atomic E-state index is 12.9. The zero-order valence-corrected chi connectivity index (χ0v) is 16.0. The van der Waals surface area contributed by atoms with Gasteiger partial charge in [0.25, 0.3) is 5.91 Å². The molecule has 1 spiro atoms. The third-order valence-corrected chi connectivity index (χ3v) is 5.67. The van der Waals surface area contributed by atoms with Crippen LogP contribution in [0.15, 0.2) is 59.3 Å². The Hall–Kier alpha value is -3.19. The van der Waals surface area contributed by atoms with Gasteiger partial charge in [-0.15, -0.1) is 0 Å². The molecule has 0 unspecified atom stereocenters. The van der Waals surface area contributed by atoms with E-state index in [1.54, 1.807) is 6.26 Å². The van der Waals surface area contributed by atoms with Crippen LogP contribution in [-0.2, 0) is 23.3 Å². The average molecular weight is 390 g/mol. The number of benzene rings is 1. The molecule has 2 aromatic heterocycles. The third-order valence-electron chi connectivity index (χ3n) is 5.67. The van der Waals surface area contributed by atoms with Crippen LogP contribution in [-0.4, -0.2) is 40.5 Å². The summed E-state index contributed by atoms with van der Waals surface area (Å²) in [5, 5.41) is 3.23. The Morgan fingerprint density at radius 3 is 2.93 bits per heavy atom. The lowest BCUT2D eigenvalue weighted by molar-refractivity contribution is 0.0485. The van der Waals surface area contributed by atoms with Crippen molar-refractivity contribution in [2.45, 2.75) is 25.0 Å². The van der Waals surface area contributed by atoms with Gasteiger partial charge in [0, 0.05) is 30.4 Å². The number of amides is 1. The Morgan fingerprint density at radius 2 is 2.10 bits per heavy atom. The molecule has 4 heterocycles. The van der Waals surface area contributed by atoms with Crippen LogP contribution in [0.4, 0.5) is 5.95 Å². The van der Waals surface area contributed by atoms with Gasteiger partial charge in [0.15, 0.2) is 0 Å². The zero-order chi connectivity index (χ0) is 19.7. The van der Waals surface area contributed by atoms with Crippen LogP contribution in [0.5, 0.6) is 0 Å². The van der Waals surface area contributed by atoms with Crippen LogP contribution in [0.2, 0.25) is 0 Å². The van der Waals surface area contributed by atoms with Crippen LogP contribution in [0.1, 0.15) is 33.8 Å². The Kier molecular flexibility index (Phi) is 4.52. The molecular formula is C22H22N4O3. The highest BCUT2D eigenvalue weighted by molar-refractivity contribution is 5.94. The monoisotopic (exact) mass is 390 g/mol. The first-order chi connectivity index (χ1) is 14.2. The van der Waals surface area contributed by atoms with Crippen molar-refractivity contribution in [3.05, 3.63) is 77.5 Å². The van der Waals surface area contributed by atoms with Crippen molar-refractivity contribution < 1.29 is 13.9 Å². The molecule has 7 nitrogen and oxygen atoms in total. The second-order valence-electron chi connectivity index (χ2n) is 7.62. The molecule has 1 amide bonds. The number of carbonyl (C=O) groups excluding carboxylic acids is 1. The van der Waals surface area contributed by atoms with E-state index in [9.17, 15) is 4.79 Å². The first-order valence-corrected chi connectivity index (χ1v) is 9.78. The molecule has 1 saturated heterocycles. The van der Waals surface area contributed by atoms with E-state index < -0.39 is 0 Å². The number of nitrogens with one attached hydrogen (secondary N) is 1. The number of ether oxygens (including phenoxy) is 1. The Labute approximate surface area is 168 Å². The Bertz CT molecular complexity index is 1010. The van der Waals surface area contributed by atoms with E-state index in [4.69, 9.17) is 14.1 Å². The van der Waals surface area contributed by atoms with Gasteiger partial charge >= 0.3 is 0 Å². The lowest BCUT2D eigenvalue weighted by atomic mass is 9.80. The Balaban J connectivity index is 1.38. The summed E-state index contributed by atoms with van der Waals surface area (Å²) in [4.78, 5) is 24.1. The summed E-state index contributed by atoms with van der Waals surface area (Å²) in [6, 6.07) is 13.2. The highest BCUT2D eigenvalue weighted by Gasteiger charge is 2.46. The molecule has 0 saturated carbocycles. The maximum atomic E-state index is 12.9. The van der Waals surface area contributed by atoms with Gasteiger partial charge < -0.3 is 19.4 Å². The number of carbonyl (C=O) groups is 1. The number of likely N-dealkylation sites (tertiary alicyclic amines) is 1. The summed E-state index contributed by atoms with van der Waals surface area (Å²) < 4.78 is 11.2. The molecule has 1 atom stereocenters. The molecule has 1 fully saturated rings. The number of hydrogen-bond acceptors (Lipinski definition) is 6. The number of rotatable bonds is 4. The van der Waals surface area contributed by atoms with Crippen LogP contribution in [0, 0.1) is 0 Å². The molecule has 2 aliphatic heterocycles. The summed E-state index contributed by atoms with van der Waals surface area (Å²) >= 11 is 0. The minimum absolute atomic E-state index is 0.0554. The van der Waals surface area contributed by atoms with Gasteiger partial charge in [-0.3, -0.25) is 4.79 Å². The van der Waals surface area contributed by atoms with E-state index in [1.165, 1.54) is 0 Å². The van der Waals surface area contributed by atoms with E-state index in [0.29, 0.717) is 44.4 Å². The molecule has 0 radical (unpaired) electrons. The minimum atomic E-state index is -0.290. The second-order valence-corrected chi connectivity index (χ2v) is 7.62. The van der Waals surface area contributed by atoms with Crippen molar-refractivity contribution >= 4 is 11.9 Å². The van der Waals surface area contributed by atoms with Crippen LogP contribution >= 0.6 is 0 Å². The third kappa shape index (κ3) is 3.38. The summed E-state index contributed by atoms with van der Waals surface area (Å²) in [5.74, 6) is 1.44. The van der Waals surface area contributed by atoms with Gasteiger partial charge in [-0.05, 0) is 30.7 Å².